The number of rotatable bonds is 6. The fourth-order valence-corrected chi connectivity index (χ4v) is 1.81. The van der Waals surface area contributed by atoms with Crippen LogP contribution >= 0.6 is 0 Å². The number of aromatic nitrogens is 4. The van der Waals surface area contributed by atoms with Crippen LogP contribution in [0.2, 0.25) is 0 Å². The first-order chi connectivity index (χ1) is 8.85. The van der Waals surface area contributed by atoms with Gasteiger partial charge in [-0.25, -0.2) is 0 Å². The Morgan fingerprint density at radius 3 is 2.83 bits per heavy atom. The molecular weight excluding hydrogens is 228 g/mol. The molecule has 0 aliphatic rings. The van der Waals surface area contributed by atoms with E-state index in [0.717, 1.165) is 17.7 Å². The summed E-state index contributed by atoms with van der Waals surface area (Å²) in [6.07, 6.45) is 3.22. The van der Waals surface area contributed by atoms with Gasteiger partial charge in [-0.15, -0.1) is 0 Å². The predicted octanol–water partition coefficient (Wildman–Crippen LogP) is 0.803. The Bertz CT molecular complexity index is 521. The van der Waals surface area contributed by atoms with Crippen molar-refractivity contribution in [2.24, 2.45) is 0 Å². The molecule has 1 N–H and O–H groups in total. The summed E-state index contributed by atoms with van der Waals surface area (Å²) in [4.78, 5) is 11.2. The van der Waals surface area contributed by atoms with Gasteiger partial charge in [0.2, 0.25) is 0 Å². The Balaban J connectivity index is 2.18. The molecule has 0 fully saturated rings. The van der Waals surface area contributed by atoms with E-state index in [1.165, 1.54) is 0 Å². The highest BCUT2D eigenvalue weighted by molar-refractivity contribution is 5.62. The molecule has 0 spiro atoms. The fourth-order valence-electron chi connectivity index (χ4n) is 1.81. The van der Waals surface area contributed by atoms with E-state index in [2.05, 4.69) is 22.1 Å². The molecule has 1 aromatic carbocycles. The van der Waals surface area contributed by atoms with Gasteiger partial charge >= 0.3 is 5.82 Å². The summed E-state index contributed by atoms with van der Waals surface area (Å²) in [5.74, 6) is 0.545. The molecule has 1 aromatic heterocycles. The monoisotopic (exact) mass is 243 g/mol. The van der Waals surface area contributed by atoms with Crippen molar-refractivity contribution in [2.45, 2.75) is 18.9 Å². The van der Waals surface area contributed by atoms with Gasteiger partial charge in [0.15, 0.2) is 5.21 Å². The molecule has 1 unspecified atom stereocenters. The lowest BCUT2D eigenvalue weighted by Crippen LogP contribution is -2.39. The van der Waals surface area contributed by atoms with Gasteiger partial charge in [0.25, 0.3) is 0 Å². The van der Waals surface area contributed by atoms with Gasteiger partial charge in [0.05, 0.1) is 6.42 Å². The smallest absolute Gasteiger partial charge is 0.301 e. The molecule has 0 bridgehead atoms. The van der Waals surface area contributed by atoms with Crippen LogP contribution in [0.25, 0.3) is 0 Å². The molecule has 1 heterocycles. The van der Waals surface area contributed by atoms with E-state index in [1.807, 2.05) is 30.3 Å². The number of hydrogen-bond acceptors (Lipinski definition) is 3. The predicted molar refractivity (Wildman–Crippen MR) is 65.7 cm³/mol. The summed E-state index contributed by atoms with van der Waals surface area (Å²) in [5, 5.41) is 10.5. The van der Waals surface area contributed by atoms with Crippen LogP contribution in [0.3, 0.4) is 0 Å². The summed E-state index contributed by atoms with van der Waals surface area (Å²) >= 11 is 0. The van der Waals surface area contributed by atoms with Crippen LogP contribution in [0.5, 0.6) is 0 Å². The fraction of sp³-hybridized carbons (Fsp3) is 0.231. The molecule has 18 heavy (non-hydrogen) atoms. The number of tetrazole rings is 1. The average molecular weight is 243 g/mol. The third-order valence-corrected chi connectivity index (χ3v) is 2.75. The van der Waals surface area contributed by atoms with Crippen molar-refractivity contribution >= 4 is 6.29 Å². The zero-order chi connectivity index (χ0) is 12.8. The summed E-state index contributed by atoms with van der Waals surface area (Å²) in [6, 6.07) is 9.66. The van der Waals surface area contributed by atoms with Crippen LogP contribution in [0.4, 0.5) is 0 Å². The molecule has 5 nitrogen and oxygen atoms in total. The van der Waals surface area contributed by atoms with Crippen LogP contribution in [-0.4, -0.2) is 21.8 Å². The Labute approximate surface area is 105 Å². The minimum Gasteiger partial charge on any atom is -0.303 e. The van der Waals surface area contributed by atoms with E-state index in [9.17, 15) is 4.79 Å². The number of allylic oxidation sites excluding steroid dienone is 1. The second-order valence-electron chi connectivity index (χ2n) is 3.97. The molecule has 2 rings (SSSR count). The van der Waals surface area contributed by atoms with Crippen molar-refractivity contribution in [2.75, 3.05) is 0 Å². The number of carbonyl (C=O) groups excluding carboxylic acids is 1. The molecule has 92 valence electrons. The highest BCUT2D eigenvalue weighted by atomic mass is 16.1. The van der Waals surface area contributed by atoms with Crippen molar-refractivity contribution in [1.29, 1.82) is 0 Å². The number of benzene rings is 1. The van der Waals surface area contributed by atoms with E-state index < -0.39 is 0 Å². The van der Waals surface area contributed by atoms with Crippen LogP contribution in [-0.2, 0) is 17.8 Å². The first kappa shape index (κ1) is 12.2. The molecule has 2 aromatic rings. The summed E-state index contributed by atoms with van der Waals surface area (Å²) in [5.41, 5.74) is 0.987. The summed E-state index contributed by atoms with van der Waals surface area (Å²) in [7, 11) is 0. The van der Waals surface area contributed by atoms with Crippen molar-refractivity contribution in [3.05, 3.63) is 54.4 Å². The number of carbonyl (C=O) groups is 1. The number of aldehydes is 1. The standard InChI is InChI=1S/C13H14N4O/c1-2-8-17-13(14-15-16-17)9-12(10-18)11-6-4-3-5-7-11/h2-7,10,12H,1,8-9H2/p+1. The first-order valence-electron chi connectivity index (χ1n) is 5.76. The second kappa shape index (κ2) is 5.86. The zero-order valence-electron chi connectivity index (χ0n) is 9.99. The topological polar surface area (TPSA) is 62.5 Å². The molecule has 1 atom stereocenters. The van der Waals surface area contributed by atoms with E-state index in [-0.39, 0.29) is 5.92 Å². The van der Waals surface area contributed by atoms with Gasteiger partial charge in [-0.1, -0.05) is 48.2 Å². The summed E-state index contributed by atoms with van der Waals surface area (Å²) in [6.45, 7) is 4.27. The normalized spacial score (nSPS) is 12.0. The minimum atomic E-state index is -0.202. The van der Waals surface area contributed by atoms with E-state index in [0.29, 0.717) is 13.0 Å². The molecular formula is C13H15N4O+. The van der Waals surface area contributed by atoms with Gasteiger partial charge < -0.3 is 4.79 Å². The Morgan fingerprint density at radius 1 is 1.39 bits per heavy atom. The lowest BCUT2D eigenvalue weighted by Gasteiger charge is -2.07. The number of nitrogens with zero attached hydrogens (tertiary/aromatic N) is 3. The van der Waals surface area contributed by atoms with Crippen molar-refractivity contribution < 1.29 is 9.48 Å². The summed E-state index contributed by atoms with van der Waals surface area (Å²) < 4.78 is 1.77. The second-order valence-corrected chi connectivity index (χ2v) is 3.97. The Kier molecular flexibility index (Phi) is 3.96. The van der Waals surface area contributed by atoms with Gasteiger partial charge in [-0.3, -0.25) is 0 Å². The van der Waals surface area contributed by atoms with E-state index in [1.54, 1.807) is 10.8 Å². The van der Waals surface area contributed by atoms with Gasteiger partial charge in [0, 0.05) is 5.92 Å². The minimum absolute atomic E-state index is 0.202. The number of aromatic amines is 1. The van der Waals surface area contributed by atoms with Gasteiger partial charge in [-0.05, 0) is 5.56 Å². The van der Waals surface area contributed by atoms with Crippen LogP contribution in [0.15, 0.2) is 43.0 Å². The molecule has 0 saturated heterocycles. The lowest BCUT2D eigenvalue weighted by atomic mass is 9.97. The van der Waals surface area contributed by atoms with E-state index in [4.69, 9.17) is 0 Å². The highest BCUT2D eigenvalue weighted by Gasteiger charge is 2.20. The maximum Gasteiger partial charge on any atom is 0.301 e. The Hall–Kier alpha value is -2.30. The number of nitrogens with one attached hydrogen (secondary N) is 1. The van der Waals surface area contributed by atoms with Crippen molar-refractivity contribution in [3.63, 3.8) is 0 Å². The Morgan fingerprint density at radius 2 is 2.17 bits per heavy atom. The first-order valence-corrected chi connectivity index (χ1v) is 5.76. The van der Waals surface area contributed by atoms with E-state index >= 15 is 0 Å². The third-order valence-electron chi connectivity index (χ3n) is 2.75. The van der Waals surface area contributed by atoms with Crippen LogP contribution in [0, 0.1) is 0 Å². The maximum absolute atomic E-state index is 11.2. The van der Waals surface area contributed by atoms with Gasteiger partial charge in [0.1, 0.15) is 17.9 Å². The van der Waals surface area contributed by atoms with Crippen LogP contribution < -0.4 is 4.68 Å². The zero-order valence-corrected chi connectivity index (χ0v) is 9.99. The van der Waals surface area contributed by atoms with Crippen LogP contribution in [0.1, 0.15) is 17.3 Å². The van der Waals surface area contributed by atoms with Gasteiger partial charge in [-0.2, -0.15) is 4.68 Å². The average Bonchev–Trinajstić information content (AvgIpc) is 2.85. The number of H-pyrrole nitrogens is 1. The molecule has 0 aliphatic carbocycles. The molecule has 0 saturated carbocycles. The molecule has 0 amide bonds. The third kappa shape index (κ3) is 2.68. The highest BCUT2D eigenvalue weighted by Crippen LogP contribution is 2.15. The molecule has 0 radical (unpaired) electrons. The maximum atomic E-state index is 11.2. The largest absolute Gasteiger partial charge is 0.303 e. The quantitative estimate of drug-likeness (QED) is 0.464. The number of hydrogen-bond donors (Lipinski definition) is 1. The van der Waals surface area contributed by atoms with Crippen molar-refractivity contribution in [3.8, 4) is 0 Å². The molecule has 0 aliphatic heterocycles. The lowest BCUT2D eigenvalue weighted by molar-refractivity contribution is -0.752. The van der Waals surface area contributed by atoms with Crippen molar-refractivity contribution in [1.82, 2.24) is 15.5 Å². The SMILES string of the molecule is C=CC[n+]1[nH]nnc1CC(C=O)c1ccccc1. The molecule has 5 heteroatoms.